The largest absolute Gasteiger partial charge is 0.272 e. The average molecular weight is 466 g/mol. The Morgan fingerprint density at radius 3 is 2.50 bits per heavy atom. The number of nitrogens with one attached hydrogen (secondary N) is 2. The molecule has 2 aromatic carbocycles. The zero-order valence-electron chi connectivity index (χ0n) is 16.3. The first-order chi connectivity index (χ1) is 15.5. The van der Waals surface area contributed by atoms with Gasteiger partial charge in [0.05, 0.1) is 10.7 Å². The van der Waals surface area contributed by atoms with Crippen molar-refractivity contribution in [3.8, 4) is 10.4 Å². The van der Waals surface area contributed by atoms with Gasteiger partial charge in [0.25, 0.3) is 11.6 Å². The smallest absolute Gasteiger partial charge is 0.269 e. The summed E-state index contributed by atoms with van der Waals surface area (Å²) in [7, 11) is 0. The fourth-order valence-electron chi connectivity index (χ4n) is 2.80. The molecule has 0 unspecified atom stereocenters. The molecular formula is C21H15N5O4S2. The minimum absolute atomic E-state index is 0.0309. The quantitative estimate of drug-likeness (QED) is 0.192. The molecule has 0 spiro atoms. The zero-order valence-corrected chi connectivity index (χ0v) is 18.0. The number of hydrogen-bond acceptors (Lipinski definition) is 8. The molecule has 32 heavy (non-hydrogen) atoms. The lowest BCUT2D eigenvalue weighted by atomic mass is 10.2. The fraction of sp³-hybridized carbons (Fsp3) is 0.0476. The molecule has 2 amide bonds. The highest BCUT2D eigenvalue weighted by molar-refractivity contribution is 8.00. The van der Waals surface area contributed by atoms with Crippen LogP contribution in [-0.2, 0) is 4.79 Å². The van der Waals surface area contributed by atoms with Gasteiger partial charge in [-0.05, 0) is 23.8 Å². The van der Waals surface area contributed by atoms with Crippen LogP contribution in [0.3, 0.4) is 0 Å². The Bertz CT molecular complexity index is 1290. The van der Waals surface area contributed by atoms with E-state index in [9.17, 15) is 19.7 Å². The van der Waals surface area contributed by atoms with E-state index in [1.54, 1.807) is 11.3 Å². The maximum atomic E-state index is 12.2. The van der Waals surface area contributed by atoms with E-state index >= 15 is 0 Å². The molecular weight excluding hydrogens is 450 g/mol. The highest BCUT2D eigenvalue weighted by Crippen LogP contribution is 2.35. The van der Waals surface area contributed by atoms with Crippen LogP contribution in [0, 0.1) is 10.1 Å². The molecule has 2 heterocycles. The van der Waals surface area contributed by atoms with Crippen molar-refractivity contribution < 1.29 is 14.5 Å². The number of aromatic nitrogens is 2. The monoisotopic (exact) mass is 465 g/mol. The Morgan fingerprint density at radius 1 is 1.03 bits per heavy atom. The number of amides is 2. The van der Waals surface area contributed by atoms with Crippen LogP contribution in [0.4, 0.5) is 5.69 Å². The van der Waals surface area contributed by atoms with E-state index in [-0.39, 0.29) is 17.0 Å². The lowest BCUT2D eigenvalue weighted by molar-refractivity contribution is -0.384. The third-order valence-electron chi connectivity index (χ3n) is 4.35. The number of non-ortho nitro benzene ring substituents is 1. The maximum Gasteiger partial charge on any atom is 0.269 e. The highest BCUT2D eigenvalue weighted by atomic mass is 32.2. The number of benzene rings is 2. The molecule has 0 atom stereocenters. The number of nitro benzene ring substituents is 1. The van der Waals surface area contributed by atoms with Crippen molar-refractivity contribution in [3.63, 3.8) is 0 Å². The lowest BCUT2D eigenvalue weighted by Gasteiger charge is -2.07. The molecule has 0 aliphatic heterocycles. The van der Waals surface area contributed by atoms with Crippen LogP contribution in [0.15, 0.2) is 72.0 Å². The SMILES string of the molecule is O=C(CSc1ncnc2sc(-c3ccccc3)cc12)NNC(=O)c1ccc([N+](=O)[O-])cc1. The topological polar surface area (TPSA) is 127 Å². The first-order valence-corrected chi connectivity index (χ1v) is 11.1. The van der Waals surface area contributed by atoms with E-state index < -0.39 is 16.7 Å². The summed E-state index contributed by atoms with van der Waals surface area (Å²) in [5, 5.41) is 12.2. The summed E-state index contributed by atoms with van der Waals surface area (Å²) < 4.78 is 0. The number of carbonyl (C=O) groups excluding carboxylic acids is 2. The Labute approximate surface area is 190 Å². The van der Waals surface area contributed by atoms with E-state index in [0.29, 0.717) is 5.03 Å². The van der Waals surface area contributed by atoms with Gasteiger partial charge < -0.3 is 0 Å². The van der Waals surface area contributed by atoms with Crippen molar-refractivity contribution >= 4 is 50.8 Å². The summed E-state index contributed by atoms with van der Waals surface area (Å²) in [6, 6.07) is 17.0. The van der Waals surface area contributed by atoms with Crippen LogP contribution in [0.2, 0.25) is 0 Å². The summed E-state index contributed by atoms with van der Waals surface area (Å²) >= 11 is 2.79. The first-order valence-electron chi connectivity index (χ1n) is 9.27. The molecule has 0 saturated heterocycles. The molecule has 11 heteroatoms. The number of hydrogen-bond donors (Lipinski definition) is 2. The fourth-order valence-corrected chi connectivity index (χ4v) is 4.64. The van der Waals surface area contributed by atoms with Crippen molar-refractivity contribution in [2.45, 2.75) is 5.03 Å². The average Bonchev–Trinajstić information content (AvgIpc) is 3.27. The summed E-state index contributed by atoms with van der Waals surface area (Å²) in [5.74, 6) is -0.966. The summed E-state index contributed by atoms with van der Waals surface area (Å²) in [4.78, 5) is 44.9. The molecule has 2 N–H and O–H groups in total. The second kappa shape index (κ2) is 9.54. The third kappa shape index (κ3) is 4.90. The molecule has 0 fully saturated rings. The normalized spacial score (nSPS) is 10.6. The summed E-state index contributed by atoms with van der Waals surface area (Å²) in [6.07, 6.45) is 1.46. The Kier molecular flexibility index (Phi) is 6.38. The zero-order chi connectivity index (χ0) is 22.5. The van der Waals surface area contributed by atoms with Gasteiger partial charge in [-0.25, -0.2) is 9.97 Å². The van der Waals surface area contributed by atoms with E-state index in [1.807, 2.05) is 36.4 Å². The van der Waals surface area contributed by atoms with E-state index in [1.165, 1.54) is 42.4 Å². The van der Waals surface area contributed by atoms with Gasteiger partial charge >= 0.3 is 0 Å². The van der Waals surface area contributed by atoms with E-state index in [4.69, 9.17) is 0 Å². The van der Waals surface area contributed by atoms with Gasteiger partial charge in [-0.2, -0.15) is 0 Å². The number of carbonyl (C=O) groups is 2. The van der Waals surface area contributed by atoms with E-state index in [2.05, 4.69) is 20.8 Å². The van der Waals surface area contributed by atoms with Gasteiger partial charge in [0, 0.05) is 28.0 Å². The summed E-state index contributed by atoms with van der Waals surface area (Å²) in [6.45, 7) is 0. The maximum absolute atomic E-state index is 12.2. The summed E-state index contributed by atoms with van der Waals surface area (Å²) in [5.41, 5.74) is 5.77. The van der Waals surface area contributed by atoms with Gasteiger partial charge in [0.1, 0.15) is 16.2 Å². The number of hydrazine groups is 1. The number of rotatable bonds is 6. The van der Waals surface area contributed by atoms with Gasteiger partial charge in [0.2, 0.25) is 5.91 Å². The molecule has 0 aliphatic rings. The van der Waals surface area contributed by atoms with Crippen molar-refractivity contribution in [1.82, 2.24) is 20.8 Å². The van der Waals surface area contributed by atoms with Crippen molar-refractivity contribution in [2.75, 3.05) is 5.75 Å². The Hall–Kier alpha value is -3.83. The Balaban J connectivity index is 1.36. The molecule has 0 radical (unpaired) electrons. The number of fused-ring (bicyclic) bond motifs is 1. The van der Waals surface area contributed by atoms with Crippen molar-refractivity contribution in [3.05, 3.63) is 82.7 Å². The van der Waals surface area contributed by atoms with Gasteiger partial charge in [-0.3, -0.25) is 30.6 Å². The molecule has 160 valence electrons. The molecule has 9 nitrogen and oxygen atoms in total. The van der Waals surface area contributed by atoms with Crippen LogP contribution < -0.4 is 10.9 Å². The second-order valence-electron chi connectivity index (χ2n) is 6.47. The van der Waals surface area contributed by atoms with Crippen molar-refractivity contribution in [2.24, 2.45) is 0 Å². The minimum Gasteiger partial charge on any atom is -0.272 e. The highest BCUT2D eigenvalue weighted by Gasteiger charge is 2.14. The molecule has 4 aromatic rings. The van der Waals surface area contributed by atoms with Gasteiger partial charge in [-0.1, -0.05) is 42.1 Å². The predicted molar refractivity (Wildman–Crippen MR) is 122 cm³/mol. The molecule has 4 rings (SSSR count). The van der Waals surface area contributed by atoms with Gasteiger partial charge in [0.15, 0.2) is 0 Å². The molecule has 2 aromatic heterocycles. The van der Waals surface area contributed by atoms with Crippen LogP contribution in [0.25, 0.3) is 20.7 Å². The number of thioether (sulfide) groups is 1. The van der Waals surface area contributed by atoms with Crippen molar-refractivity contribution in [1.29, 1.82) is 0 Å². The number of thiophene rings is 1. The number of nitro groups is 1. The molecule has 0 aliphatic carbocycles. The van der Waals surface area contributed by atoms with Gasteiger partial charge in [-0.15, -0.1) is 11.3 Å². The molecule has 0 saturated carbocycles. The standard InChI is InChI=1S/C21H15N5O4S2/c27-18(24-25-19(28)14-6-8-15(9-7-14)26(29)30)11-31-20-16-10-17(13-4-2-1-3-5-13)32-21(16)23-12-22-20/h1-10,12H,11H2,(H,24,27)(H,25,28). The first kappa shape index (κ1) is 21.4. The predicted octanol–water partition coefficient (Wildman–Crippen LogP) is 3.82. The third-order valence-corrected chi connectivity index (χ3v) is 6.44. The number of nitrogens with zero attached hydrogens (tertiary/aromatic N) is 3. The lowest BCUT2D eigenvalue weighted by Crippen LogP contribution is -2.42. The Morgan fingerprint density at radius 2 is 1.78 bits per heavy atom. The van der Waals surface area contributed by atoms with E-state index in [0.717, 1.165) is 20.7 Å². The molecule has 0 bridgehead atoms. The second-order valence-corrected chi connectivity index (χ2v) is 8.46. The van der Waals surface area contributed by atoms with Crippen LogP contribution in [0.1, 0.15) is 10.4 Å². The van der Waals surface area contributed by atoms with Crippen LogP contribution >= 0.6 is 23.1 Å². The van der Waals surface area contributed by atoms with Crippen LogP contribution in [0.5, 0.6) is 0 Å². The van der Waals surface area contributed by atoms with Crippen LogP contribution in [-0.4, -0.2) is 32.5 Å². The minimum atomic E-state index is -0.576.